The smallest absolute Gasteiger partial charge is 0.129 e. The van der Waals surface area contributed by atoms with Gasteiger partial charge in [0, 0.05) is 0 Å². The SMILES string of the molecule is PN=PN(P)ON(P)P=NP. The van der Waals surface area contributed by atoms with Gasteiger partial charge < -0.3 is 0 Å². The maximum absolute atomic E-state index is 5.08. The van der Waals surface area contributed by atoms with E-state index in [-0.39, 0.29) is 0 Å². The van der Waals surface area contributed by atoms with E-state index in [1.807, 2.05) is 0 Å². The zero-order valence-electron chi connectivity index (χ0n) is 5.40. The molecule has 0 aromatic rings. The van der Waals surface area contributed by atoms with Crippen LogP contribution in [0.3, 0.4) is 0 Å². The summed E-state index contributed by atoms with van der Waals surface area (Å²) in [6.45, 7) is 0. The molecule has 0 aromatic heterocycles. The van der Waals surface area contributed by atoms with Gasteiger partial charge in [0.1, 0.15) is 17.0 Å². The summed E-state index contributed by atoms with van der Waals surface area (Å²) in [5, 5.41) is 0. The van der Waals surface area contributed by atoms with Crippen molar-refractivity contribution in [2.75, 3.05) is 0 Å². The quantitative estimate of drug-likeness (QED) is 0.580. The van der Waals surface area contributed by atoms with E-state index in [1.54, 1.807) is 0 Å². The highest BCUT2D eigenvalue weighted by Gasteiger charge is 1.99. The van der Waals surface area contributed by atoms with E-state index >= 15 is 0 Å². The summed E-state index contributed by atoms with van der Waals surface area (Å²) >= 11 is 0. The Morgan fingerprint density at radius 2 is 1.36 bits per heavy atom. The van der Waals surface area contributed by atoms with E-state index in [4.69, 9.17) is 4.94 Å². The van der Waals surface area contributed by atoms with Gasteiger partial charge in [-0.25, -0.2) is 9.03 Å². The highest BCUT2D eigenvalue weighted by molar-refractivity contribution is 7.41. The second-order valence-electron chi connectivity index (χ2n) is 1.10. The van der Waals surface area contributed by atoms with Crippen molar-refractivity contribution in [1.82, 2.24) is 9.21 Å². The van der Waals surface area contributed by atoms with Gasteiger partial charge in [0.25, 0.3) is 0 Å². The fourth-order valence-electron chi connectivity index (χ4n) is 0.220. The maximum Gasteiger partial charge on any atom is 0.129 e. The third kappa shape index (κ3) is 8.14. The van der Waals surface area contributed by atoms with Crippen molar-refractivity contribution in [3.63, 3.8) is 0 Å². The molecular weight excluding hydrogens is 258 g/mol. The monoisotopic (exact) mass is 266 g/mol. The van der Waals surface area contributed by atoms with Gasteiger partial charge in [0.2, 0.25) is 0 Å². The molecule has 11 heteroatoms. The molecule has 0 amide bonds. The third-order valence-electron chi connectivity index (χ3n) is 0.447. The van der Waals surface area contributed by atoms with Gasteiger partial charge in [0.05, 0.1) is 0 Å². The predicted molar refractivity (Wildman–Crippen MR) is 62.3 cm³/mol. The minimum Gasteiger partial charge on any atom is -0.234 e. The lowest BCUT2D eigenvalue weighted by molar-refractivity contribution is -0.115. The van der Waals surface area contributed by atoms with Crippen molar-refractivity contribution in [3.05, 3.63) is 0 Å². The molecule has 0 aliphatic rings. The first-order valence-corrected chi connectivity index (χ1v) is 5.86. The lowest BCUT2D eigenvalue weighted by Crippen LogP contribution is -2.05. The molecule has 0 spiro atoms. The minimum atomic E-state index is 0.690. The van der Waals surface area contributed by atoms with Gasteiger partial charge in [-0.15, -0.1) is 0 Å². The molecule has 0 saturated carbocycles. The summed E-state index contributed by atoms with van der Waals surface area (Å²) in [6, 6.07) is 0. The molecule has 4 unspecified atom stereocenters. The molecule has 0 aliphatic carbocycles. The fraction of sp³-hybridized carbons (Fsp3) is 0. The molecule has 0 fully saturated rings. The van der Waals surface area contributed by atoms with Crippen molar-refractivity contribution in [2.45, 2.75) is 0 Å². The Morgan fingerprint density at radius 1 is 1.00 bits per heavy atom. The molecule has 0 saturated heterocycles. The Kier molecular flexibility index (Phi) is 9.78. The van der Waals surface area contributed by atoms with E-state index in [2.05, 4.69) is 46.6 Å². The van der Waals surface area contributed by atoms with Crippen molar-refractivity contribution < 1.29 is 4.94 Å². The molecule has 11 heavy (non-hydrogen) atoms. The van der Waals surface area contributed by atoms with Crippen molar-refractivity contribution in [3.8, 4) is 0 Å². The summed E-state index contributed by atoms with van der Waals surface area (Å²) in [5.41, 5.74) is 0. The highest BCUT2D eigenvalue weighted by atomic mass is 31.1. The number of rotatable bonds is 4. The van der Waals surface area contributed by atoms with Crippen molar-refractivity contribution >= 4 is 54.6 Å². The van der Waals surface area contributed by atoms with Crippen LogP contribution in [0.4, 0.5) is 0 Å². The average molecular weight is 266 g/mol. The summed E-state index contributed by atoms with van der Waals surface area (Å²) < 4.78 is 10.4. The Morgan fingerprint density at radius 3 is 1.64 bits per heavy atom. The summed E-state index contributed by atoms with van der Waals surface area (Å²) in [4.78, 5) is 5.08. The van der Waals surface area contributed by atoms with Crippen LogP contribution in [0.5, 0.6) is 0 Å². The first kappa shape index (κ1) is 12.8. The van der Waals surface area contributed by atoms with Crippen LogP contribution < -0.4 is 0 Å². The topological polar surface area (TPSA) is 40.4 Å². The van der Waals surface area contributed by atoms with Crippen LogP contribution in [0.1, 0.15) is 0 Å². The zero-order chi connectivity index (χ0) is 8.69. The Labute approximate surface area is 78.2 Å². The van der Waals surface area contributed by atoms with E-state index in [0.29, 0.717) is 17.0 Å². The second-order valence-corrected chi connectivity index (χ2v) is 5.90. The van der Waals surface area contributed by atoms with Gasteiger partial charge in [-0.2, -0.15) is 4.94 Å². The predicted octanol–water partition coefficient (Wildman–Crippen LogP) is 2.69. The Bertz CT molecular complexity index is 130. The summed E-state index contributed by atoms with van der Waals surface area (Å²) in [7, 11) is 10.6. The Hall–Kier alpha value is 1.80. The summed E-state index contributed by atoms with van der Waals surface area (Å²) in [5.74, 6) is 0. The number of hydrogen-bond acceptors (Lipinski definition) is 3. The van der Waals surface area contributed by atoms with Crippen LogP contribution in [0.15, 0.2) is 9.03 Å². The molecule has 5 nitrogen and oxygen atoms in total. The van der Waals surface area contributed by atoms with E-state index in [9.17, 15) is 0 Å². The van der Waals surface area contributed by atoms with E-state index < -0.39 is 0 Å². The molecule has 0 aromatic carbocycles. The van der Waals surface area contributed by atoms with Gasteiger partial charge in [0.15, 0.2) is 0 Å². The van der Waals surface area contributed by atoms with E-state index in [1.165, 1.54) is 9.21 Å². The van der Waals surface area contributed by atoms with Crippen molar-refractivity contribution in [2.24, 2.45) is 9.03 Å². The standard InChI is InChI=1S/H8N4OP6/c6-1-10-3(8)5-4(9)11-2-7/h6-9H2. The zero-order valence-corrected chi connectivity index (χ0v) is 11.8. The molecular formula is H8N4OP6. The summed E-state index contributed by atoms with van der Waals surface area (Å²) in [6.07, 6.45) is 0. The lowest BCUT2D eigenvalue weighted by Gasteiger charge is -2.12. The van der Waals surface area contributed by atoms with Gasteiger partial charge in [-0.05, 0) is 37.6 Å². The van der Waals surface area contributed by atoms with Crippen LogP contribution in [-0.2, 0) is 4.94 Å². The van der Waals surface area contributed by atoms with E-state index in [0.717, 1.165) is 0 Å². The maximum atomic E-state index is 5.08. The largest absolute Gasteiger partial charge is 0.234 e. The normalized spacial score (nSPS) is 12.9. The first-order chi connectivity index (χ1) is 5.20. The lowest BCUT2D eigenvalue weighted by atomic mass is 13.2. The number of nitrogens with zero attached hydrogens (tertiary/aromatic N) is 4. The molecule has 0 bridgehead atoms. The molecule has 0 heterocycles. The minimum absolute atomic E-state index is 0.690. The van der Waals surface area contributed by atoms with Crippen LogP contribution in [-0.4, -0.2) is 9.21 Å². The fourth-order valence-corrected chi connectivity index (χ4v) is 2.86. The number of hydrogen-bond donors (Lipinski definition) is 0. The molecule has 0 radical (unpaired) electrons. The first-order valence-electron chi connectivity index (χ1n) is 2.20. The molecule has 64 valence electrons. The molecule has 0 rings (SSSR count). The van der Waals surface area contributed by atoms with Crippen LogP contribution in [0, 0.1) is 0 Å². The van der Waals surface area contributed by atoms with Gasteiger partial charge in [-0.3, -0.25) is 0 Å². The van der Waals surface area contributed by atoms with Crippen LogP contribution >= 0.6 is 54.6 Å². The van der Waals surface area contributed by atoms with Crippen molar-refractivity contribution in [1.29, 1.82) is 0 Å². The third-order valence-corrected chi connectivity index (χ3v) is 2.58. The van der Waals surface area contributed by atoms with Crippen LogP contribution in [0.2, 0.25) is 0 Å². The Balaban J connectivity index is 3.65. The van der Waals surface area contributed by atoms with Gasteiger partial charge in [-0.1, -0.05) is 9.21 Å². The highest BCUT2D eigenvalue weighted by Crippen LogP contribution is 2.26. The van der Waals surface area contributed by atoms with Gasteiger partial charge >= 0.3 is 0 Å². The second kappa shape index (κ2) is 8.40. The molecule has 0 N–H and O–H groups in total. The molecule has 4 atom stereocenters. The average Bonchev–Trinajstić information content (AvgIpc) is 1.87. The molecule has 0 aliphatic heterocycles. The van der Waals surface area contributed by atoms with Crippen LogP contribution in [0.25, 0.3) is 0 Å².